The molecule has 0 amide bonds. The van der Waals surface area contributed by atoms with E-state index in [0.717, 1.165) is 24.5 Å². The van der Waals surface area contributed by atoms with Crippen LogP contribution in [0.4, 0.5) is 5.69 Å². The highest BCUT2D eigenvalue weighted by molar-refractivity contribution is 6.32. The molecule has 0 bridgehead atoms. The molecule has 4 heteroatoms. The molecule has 130 valence electrons. The van der Waals surface area contributed by atoms with Crippen molar-refractivity contribution in [2.75, 3.05) is 18.5 Å². The first kappa shape index (κ1) is 18.5. The van der Waals surface area contributed by atoms with E-state index in [-0.39, 0.29) is 6.10 Å². The maximum absolute atomic E-state index is 6.10. The Kier molecular flexibility index (Phi) is 7.26. The zero-order chi connectivity index (χ0) is 17.4. The lowest BCUT2D eigenvalue weighted by Gasteiger charge is -2.17. The number of nitrogens with one attached hydrogen (secondary N) is 1. The number of benzene rings is 2. The molecular weight excluding hydrogens is 322 g/mol. The van der Waals surface area contributed by atoms with Crippen molar-refractivity contribution in [1.29, 1.82) is 0 Å². The molecule has 0 fully saturated rings. The molecule has 2 aromatic carbocycles. The lowest BCUT2D eigenvalue weighted by atomic mass is 10.1. The van der Waals surface area contributed by atoms with Crippen LogP contribution in [-0.4, -0.2) is 19.3 Å². The van der Waals surface area contributed by atoms with Crippen molar-refractivity contribution >= 4 is 17.3 Å². The first-order valence-electron chi connectivity index (χ1n) is 8.42. The van der Waals surface area contributed by atoms with E-state index in [0.29, 0.717) is 23.2 Å². The molecule has 0 heterocycles. The smallest absolute Gasteiger partial charge is 0.138 e. The van der Waals surface area contributed by atoms with Crippen LogP contribution in [0.3, 0.4) is 0 Å². The summed E-state index contributed by atoms with van der Waals surface area (Å²) in [7, 11) is 0. The largest absolute Gasteiger partial charge is 0.494 e. The summed E-state index contributed by atoms with van der Waals surface area (Å²) < 4.78 is 11.6. The second-order valence-corrected chi connectivity index (χ2v) is 6.70. The monoisotopic (exact) mass is 347 g/mol. The molecule has 0 aromatic heterocycles. The fraction of sp³-hybridized carbons (Fsp3) is 0.400. The van der Waals surface area contributed by atoms with Gasteiger partial charge in [-0.05, 0) is 55.7 Å². The van der Waals surface area contributed by atoms with Gasteiger partial charge >= 0.3 is 0 Å². The number of halogens is 1. The summed E-state index contributed by atoms with van der Waals surface area (Å²) in [6.45, 7) is 7.86. The number of anilines is 1. The molecule has 2 rings (SSSR count). The summed E-state index contributed by atoms with van der Waals surface area (Å²) in [6.07, 6.45) is 1.07. The normalized spacial score (nSPS) is 12.0. The van der Waals surface area contributed by atoms with Crippen LogP contribution in [0.15, 0.2) is 48.5 Å². The van der Waals surface area contributed by atoms with Gasteiger partial charge in [0.1, 0.15) is 17.6 Å². The summed E-state index contributed by atoms with van der Waals surface area (Å²) >= 11 is 6.10. The van der Waals surface area contributed by atoms with Gasteiger partial charge in [0.15, 0.2) is 0 Å². The van der Waals surface area contributed by atoms with Crippen molar-refractivity contribution in [1.82, 2.24) is 0 Å². The Bertz CT molecular complexity index is 613. The van der Waals surface area contributed by atoms with Gasteiger partial charge in [0.2, 0.25) is 0 Å². The van der Waals surface area contributed by atoms with Crippen LogP contribution in [0.5, 0.6) is 11.5 Å². The minimum absolute atomic E-state index is 0.00636. The van der Waals surface area contributed by atoms with Crippen molar-refractivity contribution in [2.24, 2.45) is 5.92 Å². The van der Waals surface area contributed by atoms with Crippen molar-refractivity contribution in [3.63, 3.8) is 0 Å². The zero-order valence-electron chi connectivity index (χ0n) is 14.6. The highest BCUT2D eigenvalue weighted by atomic mass is 35.5. The van der Waals surface area contributed by atoms with Gasteiger partial charge in [0.05, 0.1) is 18.2 Å². The van der Waals surface area contributed by atoms with Gasteiger partial charge in [0.25, 0.3) is 0 Å². The number of hydrogen-bond donors (Lipinski definition) is 1. The molecule has 0 aliphatic carbocycles. The predicted octanol–water partition coefficient (Wildman–Crippen LogP) is 5.64. The maximum Gasteiger partial charge on any atom is 0.138 e. The van der Waals surface area contributed by atoms with Crippen LogP contribution in [0.25, 0.3) is 0 Å². The number of rotatable bonds is 9. The third-order valence-electron chi connectivity index (χ3n) is 3.58. The third-order valence-corrected chi connectivity index (χ3v) is 3.89. The van der Waals surface area contributed by atoms with E-state index < -0.39 is 0 Å². The van der Waals surface area contributed by atoms with Crippen LogP contribution in [0.1, 0.15) is 27.2 Å². The average Bonchev–Trinajstić information content (AvgIpc) is 2.56. The molecule has 0 radical (unpaired) electrons. The standard InChI is InChI=1S/C20H26ClNO2/c1-15(2)12-13-23-18-10-8-17(9-11-18)22-14-16(3)24-20-7-5-4-6-19(20)21/h4-11,15-16,22H,12-14H2,1-3H3. The average molecular weight is 348 g/mol. The summed E-state index contributed by atoms with van der Waals surface area (Å²) in [5.41, 5.74) is 1.04. The third kappa shape index (κ3) is 6.32. The van der Waals surface area contributed by atoms with Gasteiger partial charge in [0, 0.05) is 5.69 Å². The SMILES string of the molecule is CC(C)CCOc1ccc(NCC(C)Oc2ccccc2Cl)cc1. The summed E-state index contributed by atoms with van der Waals surface area (Å²) in [4.78, 5) is 0. The molecule has 0 aliphatic rings. The van der Waals surface area contributed by atoms with Crippen LogP contribution in [0.2, 0.25) is 5.02 Å². The molecular formula is C20H26ClNO2. The summed E-state index contributed by atoms with van der Waals surface area (Å²) in [6, 6.07) is 15.5. The molecule has 24 heavy (non-hydrogen) atoms. The molecule has 3 nitrogen and oxygen atoms in total. The minimum Gasteiger partial charge on any atom is -0.494 e. The van der Waals surface area contributed by atoms with Crippen LogP contribution in [-0.2, 0) is 0 Å². The van der Waals surface area contributed by atoms with Crippen molar-refractivity contribution in [2.45, 2.75) is 33.3 Å². The molecule has 0 saturated heterocycles. The lowest BCUT2D eigenvalue weighted by Crippen LogP contribution is -2.22. The molecule has 1 unspecified atom stereocenters. The Morgan fingerprint density at radius 3 is 2.38 bits per heavy atom. The van der Waals surface area contributed by atoms with Gasteiger partial charge in [-0.1, -0.05) is 37.6 Å². The second kappa shape index (κ2) is 9.43. The Labute approximate surface area is 149 Å². The van der Waals surface area contributed by atoms with E-state index in [1.807, 2.05) is 55.5 Å². The quantitative estimate of drug-likeness (QED) is 0.636. The summed E-state index contributed by atoms with van der Waals surface area (Å²) in [5, 5.41) is 3.99. The van der Waals surface area contributed by atoms with Gasteiger partial charge < -0.3 is 14.8 Å². The Morgan fingerprint density at radius 2 is 1.71 bits per heavy atom. The van der Waals surface area contributed by atoms with Gasteiger partial charge in [-0.3, -0.25) is 0 Å². The Balaban J connectivity index is 1.76. The van der Waals surface area contributed by atoms with Crippen molar-refractivity contribution < 1.29 is 9.47 Å². The molecule has 2 aromatic rings. The second-order valence-electron chi connectivity index (χ2n) is 6.30. The molecule has 0 saturated carbocycles. The van der Waals surface area contributed by atoms with E-state index in [2.05, 4.69) is 19.2 Å². The van der Waals surface area contributed by atoms with Gasteiger partial charge in [-0.2, -0.15) is 0 Å². The van der Waals surface area contributed by atoms with Crippen LogP contribution in [0, 0.1) is 5.92 Å². The fourth-order valence-corrected chi connectivity index (χ4v) is 2.32. The van der Waals surface area contributed by atoms with E-state index >= 15 is 0 Å². The molecule has 1 N–H and O–H groups in total. The predicted molar refractivity (Wildman–Crippen MR) is 101 cm³/mol. The van der Waals surface area contributed by atoms with Crippen LogP contribution < -0.4 is 14.8 Å². The topological polar surface area (TPSA) is 30.5 Å². The number of hydrogen-bond acceptors (Lipinski definition) is 3. The lowest BCUT2D eigenvalue weighted by molar-refractivity contribution is 0.235. The summed E-state index contributed by atoms with van der Waals surface area (Å²) in [5.74, 6) is 2.27. The zero-order valence-corrected chi connectivity index (χ0v) is 15.3. The number of para-hydroxylation sites is 1. The van der Waals surface area contributed by atoms with Gasteiger partial charge in [-0.15, -0.1) is 0 Å². The molecule has 0 aliphatic heterocycles. The van der Waals surface area contributed by atoms with Crippen molar-refractivity contribution in [3.8, 4) is 11.5 Å². The highest BCUT2D eigenvalue weighted by Gasteiger charge is 2.07. The first-order chi connectivity index (χ1) is 11.5. The van der Waals surface area contributed by atoms with Crippen molar-refractivity contribution in [3.05, 3.63) is 53.6 Å². The van der Waals surface area contributed by atoms with E-state index in [1.54, 1.807) is 0 Å². The van der Waals surface area contributed by atoms with E-state index in [1.165, 1.54) is 0 Å². The fourth-order valence-electron chi connectivity index (χ4n) is 2.14. The van der Waals surface area contributed by atoms with E-state index in [9.17, 15) is 0 Å². The molecule has 1 atom stereocenters. The first-order valence-corrected chi connectivity index (χ1v) is 8.80. The van der Waals surface area contributed by atoms with Crippen LogP contribution >= 0.6 is 11.6 Å². The molecule has 0 spiro atoms. The number of ether oxygens (including phenoxy) is 2. The minimum atomic E-state index is 0.00636. The Hall–Kier alpha value is -1.87. The van der Waals surface area contributed by atoms with E-state index in [4.69, 9.17) is 21.1 Å². The maximum atomic E-state index is 6.10. The highest BCUT2D eigenvalue weighted by Crippen LogP contribution is 2.24. The van der Waals surface area contributed by atoms with Gasteiger partial charge in [-0.25, -0.2) is 0 Å². The Morgan fingerprint density at radius 1 is 1.00 bits per heavy atom.